The Balaban J connectivity index is 1.63. The molecule has 2 aliphatic rings. The lowest BCUT2D eigenvalue weighted by atomic mass is 10.1. The van der Waals surface area contributed by atoms with E-state index in [9.17, 15) is 17.6 Å². The molecule has 0 spiro atoms. The summed E-state index contributed by atoms with van der Waals surface area (Å²) in [5.41, 5.74) is -1.56. The molecule has 0 saturated carbocycles. The zero-order valence-corrected chi connectivity index (χ0v) is 14.4. The van der Waals surface area contributed by atoms with E-state index in [1.807, 2.05) is 0 Å². The fourth-order valence-electron chi connectivity index (χ4n) is 2.81. The van der Waals surface area contributed by atoms with Gasteiger partial charge < -0.3 is 18.9 Å². The second kappa shape index (κ2) is 7.82. The first-order chi connectivity index (χ1) is 12.3. The van der Waals surface area contributed by atoms with Gasteiger partial charge in [0.2, 0.25) is 0 Å². The van der Waals surface area contributed by atoms with Crippen molar-refractivity contribution in [3.8, 4) is 0 Å². The molecule has 0 radical (unpaired) electrons. The highest BCUT2D eigenvalue weighted by Crippen LogP contribution is 2.38. The van der Waals surface area contributed by atoms with E-state index in [0.717, 1.165) is 12.1 Å². The number of hydrogen-bond acceptors (Lipinski definition) is 4. The Morgan fingerprint density at radius 1 is 1.00 bits per heavy atom. The molecule has 2 saturated heterocycles. The van der Waals surface area contributed by atoms with Gasteiger partial charge in [-0.1, -0.05) is 6.08 Å². The quantitative estimate of drug-likeness (QED) is 0.436. The van der Waals surface area contributed by atoms with Crippen molar-refractivity contribution in [2.45, 2.75) is 18.0 Å². The first-order valence-electron chi connectivity index (χ1n) is 7.94. The van der Waals surface area contributed by atoms with Gasteiger partial charge in [0.05, 0.1) is 32.3 Å². The number of hydrogen-bond donors (Lipinski definition) is 0. The average molecular weight is 397 g/mol. The van der Waals surface area contributed by atoms with Gasteiger partial charge in [0.25, 0.3) is 0 Å². The zero-order chi connectivity index (χ0) is 18.9. The standard InChI is InChI=1S/C17H17ClF4O4/c1-2-9-5-23-16(24-6-9)11-7-25-15(26-8-11)10-3-12(19)14(13(20)4-10)17(18,21)22/h2-4,9,11,15-16H,1,5-8H2. The molecule has 0 atom stereocenters. The molecule has 0 N–H and O–H groups in total. The van der Waals surface area contributed by atoms with Crippen LogP contribution in [0, 0.1) is 23.5 Å². The van der Waals surface area contributed by atoms with E-state index in [2.05, 4.69) is 6.58 Å². The molecule has 144 valence electrons. The summed E-state index contributed by atoms with van der Waals surface area (Å²) in [6, 6.07) is 1.45. The predicted octanol–water partition coefficient (Wildman–Crippen LogP) is 4.09. The van der Waals surface area contributed by atoms with E-state index in [0.29, 0.717) is 13.2 Å². The molecule has 2 aliphatic heterocycles. The van der Waals surface area contributed by atoms with E-state index in [-0.39, 0.29) is 30.6 Å². The van der Waals surface area contributed by atoms with Crippen molar-refractivity contribution in [2.24, 2.45) is 11.8 Å². The Kier molecular flexibility index (Phi) is 5.88. The molecule has 26 heavy (non-hydrogen) atoms. The molecular formula is C17H17ClF4O4. The van der Waals surface area contributed by atoms with Crippen LogP contribution in [-0.2, 0) is 24.3 Å². The van der Waals surface area contributed by atoms with Crippen molar-refractivity contribution in [1.82, 2.24) is 0 Å². The van der Waals surface area contributed by atoms with Crippen molar-refractivity contribution in [3.63, 3.8) is 0 Å². The van der Waals surface area contributed by atoms with Gasteiger partial charge in [-0.05, 0) is 23.7 Å². The Bertz CT molecular complexity index is 628. The van der Waals surface area contributed by atoms with Gasteiger partial charge in [-0.15, -0.1) is 6.58 Å². The van der Waals surface area contributed by atoms with Crippen LogP contribution < -0.4 is 0 Å². The van der Waals surface area contributed by atoms with Crippen LogP contribution in [0.25, 0.3) is 0 Å². The maximum atomic E-state index is 13.8. The molecule has 0 aromatic heterocycles. The molecular weight excluding hydrogens is 380 g/mol. The van der Waals surface area contributed by atoms with E-state index < -0.39 is 35.2 Å². The van der Waals surface area contributed by atoms with Crippen LogP contribution in [0.15, 0.2) is 24.8 Å². The second-order valence-electron chi connectivity index (χ2n) is 6.15. The number of halogens is 5. The minimum atomic E-state index is -4.15. The van der Waals surface area contributed by atoms with Gasteiger partial charge in [-0.2, -0.15) is 8.78 Å². The smallest absolute Gasteiger partial charge is 0.351 e. The Morgan fingerprint density at radius 2 is 1.54 bits per heavy atom. The third-order valence-electron chi connectivity index (χ3n) is 4.21. The lowest BCUT2D eigenvalue weighted by Gasteiger charge is -2.37. The Morgan fingerprint density at radius 3 is 2.00 bits per heavy atom. The van der Waals surface area contributed by atoms with E-state index in [1.165, 1.54) is 0 Å². The summed E-state index contributed by atoms with van der Waals surface area (Å²) >= 11 is 4.72. The maximum absolute atomic E-state index is 13.8. The lowest BCUT2D eigenvalue weighted by Crippen LogP contribution is -2.42. The molecule has 0 amide bonds. The molecule has 0 unspecified atom stereocenters. The minimum absolute atomic E-state index is 0.0553. The maximum Gasteiger partial charge on any atom is 0.353 e. The first-order valence-corrected chi connectivity index (χ1v) is 8.32. The van der Waals surface area contributed by atoms with Crippen LogP contribution in [0.3, 0.4) is 0 Å². The van der Waals surface area contributed by atoms with Crippen LogP contribution in [0.1, 0.15) is 17.4 Å². The van der Waals surface area contributed by atoms with Crippen molar-refractivity contribution in [3.05, 3.63) is 47.5 Å². The molecule has 1 aromatic carbocycles. The molecule has 0 bridgehead atoms. The highest BCUT2D eigenvalue weighted by molar-refractivity contribution is 6.21. The number of ether oxygens (including phenoxy) is 4. The number of rotatable bonds is 4. The van der Waals surface area contributed by atoms with Crippen molar-refractivity contribution >= 4 is 11.6 Å². The van der Waals surface area contributed by atoms with Gasteiger partial charge in [0.15, 0.2) is 12.6 Å². The normalized spacial score (nSPS) is 30.2. The van der Waals surface area contributed by atoms with E-state index in [1.54, 1.807) is 6.08 Å². The van der Waals surface area contributed by atoms with Crippen molar-refractivity contribution in [2.75, 3.05) is 26.4 Å². The largest absolute Gasteiger partial charge is 0.353 e. The lowest BCUT2D eigenvalue weighted by molar-refractivity contribution is -0.280. The van der Waals surface area contributed by atoms with E-state index in [4.69, 9.17) is 30.5 Å². The molecule has 0 aliphatic carbocycles. The van der Waals surface area contributed by atoms with Crippen LogP contribution in [-0.4, -0.2) is 32.7 Å². The van der Waals surface area contributed by atoms with Gasteiger partial charge in [0.1, 0.15) is 17.2 Å². The van der Waals surface area contributed by atoms with E-state index >= 15 is 0 Å². The number of alkyl halides is 3. The summed E-state index contributed by atoms with van der Waals surface area (Å²) in [4.78, 5) is 0. The highest BCUT2D eigenvalue weighted by atomic mass is 35.5. The van der Waals surface area contributed by atoms with Gasteiger partial charge in [0, 0.05) is 11.5 Å². The highest BCUT2D eigenvalue weighted by Gasteiger charge is 2.38. The molecule has 9 heteroatoms. The Labute approximate surface area is 152 Å². The predicted molar refractivity (Wildman–Crippen MR) is 83.6 cm³/mol. The third-order valence-corrected chi connectivity index (χ3v) is 4.40. The topological polar surface area (TPSA) is 36.9 Å². The zero-order valence-electron chi connectivity index (χ0n) is 13.6. The van der Waals surface area contributed by atoms with Gasteiger partial charge in [-0.25, -0.2) is 8.78 Å². The SMILES string of the molecule is C=CC1COC(C2COC(c3cc(F)c(C(F)(F)Cl)c(F)c3)OC2)OC1. The number of benzene rings is 1. The summed E-state index contributed by atoms with van der Waals surface area (Å²) in [7, 11) is 0. The summed E-state index contributed by atoms with van der Waals surface area (Å²) in [6.45, 7) is 4.93. The molecule has 2 fully saturated rings. The molecule has 4 nitrogen and oxygen atoms in total. The van der Waals surface area contributed by atoms with Gasteiger partial charge in [-0.3, -0.25) is 0 Å². The second-order valence-corrected chi connectivity index (χ2v) is 6.62. The summed E-state index contributed by atoms with van der Waals surface area (Å²) in [6.07, 6.45) is 0.146. The fourth-order valence-corrected chi connectivity index (χ4v) is 2.99. The van der Waals surface area contributed by atoms with Crippen LogP contribution in [0.5, 0.6) is 0 Å². The Hall–Kier alpha value is -1.19. The molecule has 3 rings (SSSR count). The van der Waals surface area contributed by atoms with Gasteiger partial charge >= 0.3 is 5.38 Å². The summed E-state index contributed by atoms with van der Waals surface area (Å²) in [5.74, 6) is -3.04. The third kappa shape index (κ3) is 4.20. The molecule has 2 heterocycles. The fraction of sp³-hybridized carbons (Fsp3) is 0.529. The minimum Gasteiger partial charge on any atom is -0.351 e. The summed E-state index contributed by atoms with van der Waals surface area (Å²) in [5, 5.41) is -4.15. The molecule has 1 aromatic rings. The van der Waals surface area contributed by atoms with Crippen molar-refractivity contribution < 1.29 is 36.5 Å². The van der Waals surface area contributed by atoms with Crippen LogP contribution in [0.2, 0.25) is 0 Å². The monoisotopic (exact) mass is 396 g/mol. The first kappa shape index (κ1) is 19.6. The van der Waals surface area contributed by atoms with Crippen LogP contribution >= 0.6 is 11.6 Å². The average Bonchev–Trinajstić information content (AvgIpc) is 2.60. The van der Waals surface area contributed by atoms with Crippen molar-refractivity contribution in [1.29, 1.82) is 0 Å². The van der Waals surface area contributed by atoms with Crippen LogP contribution in [0.4, 0.5) is 17.6 Å². The summed E-state index contributed by atoms with van der Waals surface area (Å²) < 4.78 is 75.9.